The van der Waals surface area contributed by atoms with Crippen molar-refractivity contribution >= 4 is 29.9 Å². The van der Waals surface area contributed by atoms with Crippen LogP contribution in [0.3, 0.4) is 0 Å². The Hall–Kier alpha value is -1.84. The third-order valence-corrected chi connectivity index (χ3v) is 4.83. The van der Waals surface area contributed by atoms with Crippen molar-refractivity contribution in [2.75, 3.05) is 20.7 Å². The number of aromatic nitrogens is 3. The summed E-state index contributed by atoms with van der Waals surface area (Å²) in [6.45, 7) is 5.23. The van der Waals surface area contributed by atoms with Crippen molar-refractivity contribution in [3.8, 4) is 5.75 Å². The summed E-state index contributed by atoms with van der Waals surface area (Å²) in [5.74, 6) is 3.81. The van der Waals surface area contributed by atoms with Gasteiger partial charge >= 0.3 is 0 Å². The summed E-state index contributed by atoms with van der Waals surface area (Å²) in [6, 6.07) is 8.13. The second-order valence-electron chi connectivity index (χ2n) is 6.87. The molecule has 0 unspecified atom stereocenters. The maximum atomic E-state index is 5.23. The van der Waals surface area contributed by atoms with Crippen molar-refractivity contribution in [3.63, 3.8) is 0 Å². The molecule has 0 saturated carbocycles. The molecule has 0 fully saturated rings. The van der Waals surface area contributed by atoms with Gasteiger partial charge in [0.1, 0.15) is 18.1 Å². The highest BCUT2D eigenvalue weighted by Crippen LogP contribution is 2.15. The van der Waals surface area contributed by atoms with E-state index in [4.69, 9.17) is 9.73 Å². The zero-order chi connectivity index (χ0) is 19.1. The minimum absolute atomic E-state index is 0. The standard InChI is InChI=1S/C20H30N6O.HI/c1-4-21-20(25(2)15-16-9-11-17(27-3)12-10-16)22-14-19-24-23-18-8-6-5-7-13-26(18)19;/h9-12H,4-8,13-15H2,1-3H3,(H,21,22);1H. The Morgan fingerprint density at radius 1 is 1.21 bits per heavy atom. The van der Waals surface area contributed by atoms with Gasteiger partial charge in [0.15, 0.2) is 11.8 Å². The first-order valence-electron chi connectivity index (χ1n) is 9.74. The Kier molecular flexibility index (Phi) is 9.01. The molecule has 2 heterocycles. The lowest BCUT2D eigenvalue weighted by Gasteiger charge is -2.22. The van der Waals surface area contributed by atoms with Gasteiger partial charge in [0.05, 0.1) is 7.11 Å². The second kappa shape index (κ2) is 11.2. The molecule has 154 valence electrons. The van der Waals surface area contributed by atoms with Crippen LogP contribution in [0.4, 0.5) is 0 Å². The molecule has 1 aliphatic heterocycles. The van der Waals surface area contributed by atoms with Gasteiger partial charge in [-0.1, -0.05) is 18.6 Å². The SMILES string of the molecule is CCNC(=NCc1nnc2n1CCCCC2)N(C)Cc1ccc(OC)cc1.I. The van der Waals surface area contributed by atoms with Crippen LogP contribution in [0, 0.1) is 0 Å². The van der Waals surface area contributed by atoms with Crippen LogP contribution in [0.15, 0.2) is 29.3 Å². The molecular formula is C20H31IN6O. The molecule has 8 heteroatoms. The highest BCUT2D eigenvalue weighted by Gasteiger charge is 2.15. The average molecular weight is 498 g/mol. The fraction of sp³-hybridized carbons (Fsp3) is 0.550. The Labute approximate surface area is 184 Å². The van der Waals surface area contributed by atoms with Crippen LogP contribution in [0.2, 0.25) is 0 Å². The Morgan fingerprint density at radius 3 is 2.71 bits per heavy atom. The van der Waals surface area contributed by atoms with Crippen molar-refractivity contribution in [1.82, 2.24) is 25.0 Å². The van der Waals surface area contributed by atoms with E-state index in [2.05, 4.69) is 51.1 Å². The van der Waals surface area contributed by atoms with Gasteiger partial charge in [-0.25, -0.2) is 4.99 Å². The molecule has 0 spiro atoms. The number of aryl methyl sites for hydroxylation is 1. The van der Waals surface area contributed by atoms with Gasteiger partial charge in [-0.3, -0.25) is 0 Å². The van der Waals surface area contributed by atoms with Gasteiger partial charge in [-0.05, 0) is 37.5 Å². The first kappa shape index (κ1) is 22.4. The van der Waals surface area contributed by atoms with Gasteiger partial charge < -0.3 is 19.5 Å². The molecule has 0 bridgehead atoms. The molecule has 28 heavy (non-hydrogen) atoms. The first-order chi connectivity index (χ1) is 13.2. The third-order valence-electron chi connectivity index (χ3n) is 4.83. The van der Waals surface area contributed by atoms with Crippen molar-refractivity contribution < 1.29 is 4.74 Å². The Morgan fingerprint density at radius 2 is 2.00 bits per heavy atom. The van der Waals surface area contributed by atoms with E-state index in [9.17, 15) is 0 Å². The highest BCUT2D eigenvalue weighted by atomic mass is 127. The number of nitrogens with zero attached hydrogens (tertiary/aromatic N) is 5. The minimum atomic E-state index is 0. The summed E-state index contributed by atoms with van der Waals surface area (Å²) >= 11 is 0. The van der Waals surface area contributed by atoms with E-state index >= 15 is 0 Å². The Bertz CT molecular complexity index is 759. The van der Waals surface area contributed by atoms with Crippen LogP contribution in [-0.2, 0) is 26.1 Å². The van der Waals surface area contributed by atoms with E-state index in [1.807, 2.05) is 12.1 Å². The van der Waals surface area contributed by atoms with Crippen LogP contribution in [0.1, 0.15) is 43.4 Å². The minimum Gasteiger partial charge on any atom is -0.497 e. The number of benzene rings is 1. The molecule has 0 saturated heterocycles. The maximum absolute atomic E-state index is 5.23. The number of nitrogens with one attached hydrogen (secondary N) is 1. The molecule has 0 radical (unpaired) electrons. The fourth-order valence-electron chi connectivity index (χ4n) is 3.36. The quantitative estimate of drug-likeness (QED) is 0.377. The Balaban J connectivity index is 0.00000280. The summed E-state index contributed by atoms with van der Waals surface area (Å²) in [7, 11) is 3.73. The number of hydrogen-bond donors (Lipinski definition) is 1. The number of ether oxygens (including phenoxy) is 1. The lowest BCUT2D eigenvalue weighted by atomic mass is 10.2. The van der Waals surface area contributed by atoms with Crippen LogP contribution < -0.4 is 10.1 Å². The lowest BCUT2D eigenvalue weighted by Crippen LogP contribution is -2.38. The molecule has 1 N–H and O–H groups in total. The summed E-state index contributed by atoms with van der Waals surface area (Å²) in [6.07, 6.45) is 4.68. The highest BCUT2D eigenvalue weighted by molar-refractivity contribution is 14.0. The van der Waals surface area contributed by atoms with E-state index in [0.29, 0.717) is 6.54 Å². The molecule has 0 atom stereocenters. The van der Waals surface area contributed by atoms with Gasteiger partial charge in [-0.15, -0.1) is 34.2 Å². The number of rotatable bonds is 6. The lowest BCUT2D eigenvalue weighted by molar-refractivity contribution is 0.414. The van der Waals surface area contributed by atoms with E-state index in [0.717, 1.165) is 49.4 Å². The predicted octanol–water partition coefficient (Wildman–Crippen LogP) is 3.23. The van der Waals surface area contributed by atoms with E-state index < -0.39 is 0 Å². The summed E-state index contributed by atoms with van der Waals surface area (Å²) in [5, 5.41) is 12.1. The van der Waals surface area contributed by atoms with Gasteiger partial charge in [0, 0.05) is 33.1 Å². The largest absolute Gasteiger partial charge is 0.497 e. The van der Waals surface area contributed by atoms with Crippen LogP contribution >= 0.6 is 24.0 Å². The second-order valence-corrected chi connectivity index (χ2v) is 6.87. The van der Waals surface area contributed by atoms with Crippen molar-refractivity contribution in [2.45, 2.75) is 52.2 Å². The molecule has 0 aliphatic carbocycles. The average Bonchev–Trinajstić information content (AvgIpc) is 2.92. The van der Waals surface area contributed by atoms with E-state index in [1.165, 1.54) is 24.8 Å². The number of guanidine groups is 1. The molecule has 1 aliphatic rings. The van der Waals surface area contributed by atoms with Gasteiger partial charge in [-0.2, -0.15) is 0 Å². The monoisotopic (exact) mass is 498 g/mol. The van der Waals surface area contributed by atoms with Crippen molar-refractivity contribution in [3.05, 3.63) is 41.5 Å². The molecule has 0 amide bonds. The normalized spacial score (nSPS) is 13.9. The van der Waals surface area contributed by atoms with Gasteiger partial charge in [0.25, 0.3) is 0 Å². The topological polar surface area (TPSA) is 67.6 Å². The van der Waals surface area contributed by atoms with Crippen LogP contribution in [-0.4, -0.2) is 46.3 Å². The number of fused-ring (bicyclic) bond motifs is 1. The molecule has 1 aromatic carbocycles. The summed E-state index contributed by atoms with van der Waals surface area (Å²) in [5.41, 5.74) is 1.21. The number of halogens is 1. The van der Waals surface area contributed by atoms with Crippen LogP contribution in [0.25, 0.3) is 0 Å². The number of hydrogen-bond acceptors (Lipinski definition) is 4. The summed E-state index contributed by atoms with van der Waals surface area (Å²) < 4.78 is 7.48. The van der Waals surface area contributed by atoms with Gasteiger partial charge in [0.2, 0.25) is 0 Å². The third kappa shape index (κ3) is 5.83. The van der Waals surface area contributed by atoms with E-state index in [1.54, 1.807) is 7.11 Å². The zero-order valence-electron chi connectivity index (χ0n) is 17.0. The van der Waals surface area contributed by atoms with Crippen molar-refractivity contribution in [2.24, 2.45) is 4.99 Å². The number of methoxy groups -OCH3 is 1. The predicted molar refractivity (Wildman–Crippen MR) is 122 cm³/mol. The molecular weight excluding hydrogens is 467 g/mol. The molecule has 7 nitrogen and oxygen atoms in total. The molecule has 1 aromatic heterocycles. The molecule has 2 aromatic rings. The van der Waals surface area contributed by atoms with Crippen molar-refractivity contribution in [1.29, 1.82) is 0 Å². The smallest absolute Gasteiger partial charge is 0.194 e. The first-order valence-corrected chi connectivity index (χ1v) is 9.74. The van der Waals surface area contributed by atoms with E-state index in [-0.39, 0.29) is 24.0 Å². The van der Waals surface area contributed by atoms with Crippen LogP contribution in [0.5, 0.6) is 5.75 Å². The maximum Gasteiger partial charge on any atom is 0.194 e. The number of aliphatic imine (C=N–C) groups is 1. The summed E-state index contributed by atoms with van der Waals surface area (Å²) in [4.78, 5) is 6.94. The fourth-order valence-corrected chi connectivity index (χ4v) is 3.36. The molecule has 3 rings (SSSR count). The zero-order valence-corrected chi connectivity index (χ0v) is 19.3.